The average molecular weight is 397 g/mol. The Balaban J connectivity index is 1.71. The van der Waals surface area contributed by atoms with Gasteiger partial charge in [-0.2, -0.15) is 0 Å². The van der Waals surface area contributed by atoms with E-state index in [9.17, 15) is 8.42 Å². The molecular formula is C20H32N2O4S. The lowest BCUT2D eigenvalue weighted by molar-refractivity contribution is 0.0927. The molecule has 0 N–H and O–H groups in total. The summed E-state index contributed by atoms with van der Waals surface area (Å²) in [5, 5.41) is 0. The summed E-state index contributed by atoms with van der Waals surface area (Å²) < 4.78 is 37.7. The van der Waals surface area contributed by atoms with Crippen LogP contribution >= 0.6 is 0 Å². The van der Waals surface area contributed by atoms with Crippen molar-refractivity contribution in [2.45, 2.75) is 39.2 Å². The number of para-hydroxylation sites is 1. The van der Waals surface area contributed by atoms with Gasteiger partial charge in [-0.1, -0.05) is 19.1 Å². The molecule has 1 aromatic rings. The smallest absolute Gasteiger partial charge is 0.214 e. The van der Waals surface area contributed by atoms with E-state index in [4.69, 9.17) is 9.47 Å². The molecule has 6 nitrogen and oxygen atoms in total. The van der Waals surface area contributed by atoms with E-state index >= 15 is 0 Å². The lowest BCUT2D eigenvalue weighted by atomic mass is 9.79. The molecule has 1 spiro atoms. The van der Waals surface area contributed by atoms with E-state index < -0.39 is 10.0 Å². The number of benzene rings is 1. The summed E-state index contributed by atoms with van der Waals surface area (Å²) in [6.45, 7) is 6.02. The second-order valence-corrected chi connectivity index (χ2v) is 9.95. The highest BCUT2D eigenvalue weighted by molar-refractivity contribution is 7.89. The largest absolute Gasteiger partial charge is 0.493 e. The van der Waals surface area contributed by atoms with Crippen LogP contribution in [0.2, 0.25) is 0 Å². The van der Waals surface area contributed by atoms with Crippen LogP contribution in [0.25, 0.3) is 0 Å². The van der Waals surface area contributed by atoms with Crippen LogP contribution in [-0.2, 0) is 16.6 Å². The fraction of sp³-hybridized carbons (Fsp3) is 0.700. The van der Waals surface area contributed by atoms with Crippen LogP contribution in [0, 0.1) is 5.41 Å². The highest BCUT2D eigenvalue weighted by atomic mass is 32.2. The van der Waals surface area contributed by atoms with Crippen LogP contribution < -0.4 is 9.47 Å². The SMILES string of the molecule is CCCS(=O)(=O)N1CC[C@]2(CCCN(Cc3cccc(OC)c3OC)C2)C1. The number of hydrogen-bond acceptors (Lipinski definition) is 5. The molecule has 3 rings (SSSR count). The molecule has 0 saturated carbocycles. The molecule has 1 aromatic carbocycles. The zero-order chi connectivity index (χ0) is 19.5. The van der Waals surface area contributed by atoms with Crippen molar-refractivity contribution in [2.24, 2.45) is 5.41 Å². The number of nitrogens with zero attached hydrogens (tertiary/aromatic N) is 2. The summed E-state index contributed by atoms with van der Waals surface area (Å²) in [4.78, 5) is 2.44. The molecule has 2 heterocycles. The maximum absolute atomic E-state index is 12.5. The third-order valence-electron chi connectivity index (χ3n) is 5.88. The van der Waals surface area contributed by atoms with Crippen molar-refractivity contribution >= 4 is 10.0 Å². The minimum Gasteiger partial charge on any atom is -0.493 e. The Kier molecular flexibility index (Phi) is 6.33. The highest BCUT2D eigenvalue weighted by Crippen LogP contribution is 2.41. The van der Waals surface area contributed by atoms with Crippen LogP contribution in [0.1, 0.15) is 38.2 Å². The quantitative estimate of drug-likeness (QED) is 0.709. The number of methoxy groups -OCH3 is 2. The zero-order valence-electron chi connectivity index (χ0n) is 16.7. The molecule has 0 amide bonds. The van der Waals surface area contributed by atoms with E-state index in [2.05, 4.69) is 11.0 Å². The van der Waals surface area contributed by atoms with E-state index in [1.165, 1.54) is 0 Å². The number of likely N-dealkylation sites (tertiary alicyclic amines) is 1. The first kappa shape index (κ1) is 20.4. The average Bonchev–Trinajstić information content (AvgIpc) is 3.05. The summed E-state index contributed by atoms with van der Waals surface area (Å²) in [6.07, 6.45) is 3.85. The first-order chi connectivity index (χ1) is 12.9. The maximum Gasteiger partial charge on any atom is 0.214 e. The van der Waals surface area contributed by atoms with Crippen molar-refractivity contribution in [1.82, 2.24) is 9.21 Å². The normalized spacial score (nSPS) is 24.4. The van der Waals surface area contributed by atoms with Gasteiger partial charge in [0.25, 0.3) is 0 Å². The van der Waals surface area contributed by atoms with Gasteiger partial charge in [-0.25, -0.2) is 12.7 Å². The van der Waals surface area contributed by atoms with Gasteiger partial charge in [0.2, 0.25) is 10.0 Å². The number of sulfonamides is 1. The van der Waals surface area contributed by atoms with Crippen molar-refractivity contribution in [3.63, 3.8) is 0 Å². The Labute approximate surface area is 163 Å². The van der Waals surface area contributed by atoms with Gasteiger partial charge < -0.3 is 9.47 Å². The first-order valence-electron chi connectivity index (χ1n) is 9.83. The molecule has 0 aromatic heterocycles. The Morgan fingerprint density at radius 3 is 2.63 bits per heavy atom. The number of rotatable bonds is 7. The summed E-state index contributed by atoms with van der Waals surface area (Å²) in [5.41, 5.74) is 1.20. The van der Waals surface area contributed by atoms with Crippen LogP contribution in [0.15, 0.2) is 18.2 Å². The number of hydrogen-bond donors (Lipinski definition) is 0. The Morgan fingerprint density at radius 1 is 1.11 bits per heavy atom. The van der Waals surface area contributed by atoms with E-state index in [0.717, 1.165) is 56.0 Å². The first-order valence-corrected chi connectivity index (χ1v) is 11.4. The second kappa shape index (κ2) is 8.37. The van der Waals surface area contributed by atoms with E-state index in [-0.39, 0.29) is 11.2 Å². The molecule has 1 atom stereocenters. The minimum atomic E-state index is -3.10. The maximum atomic E-state index is 12.5. The van der Waals surface area contributed by atoms with Gasteiger partial charge in [-0.15, -0.1) is 0 Å². The molecular weight excluding hydrogens is 364 g/mol. The van der Waals surface area contributed by atoms with Gasteiger partial charge in [0, 0.05) is 31.7 Å². The van der Waals surface area contributed by atoms with Crippen molar-refractivity contribution in [3.8, 4) is 11.5 Å². The van der Waals surface area contributed by atoms with Crippen molar-refractivity contribution in [2.75, 3.05) is 46.2 Å². The van der Waals surface area contributed by atoms with E-state index in [1.807, 2.05) is 19.1 Å². The number of piperidine rings is 1. The van der Waals surface area contributed by atoms with Crippen LogP contribution in [0.3, 0.4) is 0 Å². The molecule has 7 heteroatoms. The zero-order valence-corrected chi connectivity index (χ0v) is 17.6. The number of ether oxygens (including phenoxy) is 2. The Bertz CT molecular complexity index is 752. The predicted molar refractivity (Wildman–Crippen MR) is 107 cm³/mol. The minimum absolute atomic E-state index is 0.0885. The molecule has 2 saturated heterocycles. The topological polar surface area (TPSA) is 59.1 Å². The Hall–Kier alpha value is -1.31. The molecule has 0 aliphatic carbocycles. The summed E-state index contributed by atoms with van der Waals surface area (Å²) in [5.74, 6) is 1.80. The molecule has 152 valence electrons. The van der Waals surface area contributed by atoms with Gasteiger partial charge in [0.1, 0.15) is 0 Å². The lowest BCUT2D eigenvalue weighted by Crippen LogP contribution is -2.45. The molecule has 2 aliphatic heterocycles. The summed E-state index contributed by atoms with van der Waals surface area (Å²) >= 11 is 0. The van der Waals surface area contributed by atoms with Crippen LogP contribution in [0.5, 0.6) is 11.5 Å². The fourth-order valence-corrected chi connectivity index (χ4v) is 6.23. The second-order valence-electron chi connectivity index (χ2n) is 7.87. The molecule has 27 heavy (non-hydrogen) atoms. The van der Waals surface area contributed by atoms with Crippen molar-refractivity contribution < 1.29 is 17.9 Å². The Morgan fingerprint density at radius 2 is 1.93 bits per heavy atom. The highest BCUT2D eigenvalue weighted by Gasteiger charge is 2.44. The van der Waals surface area contributed by atoms with Gasteiger partial charge in [-0.05, 0) is 43.7 Å². The van der Waals surface area contributed by atoms with E-state index in [0.29, 0.717) is 19.5 Å². The van der Waals surface area contributed by atoms with Crippen LogP contribution in [0.4, 0.5) is 0 Å². The van der Waals surface area contributed by atoms with Crippen molar-refractivity contribution in [1.29, 1.82) is 0 Å². The molecule has 0 unspecified atom stereocenters. The monoisotopic (exact) mass is 396 g/mol. The van der Waals surface area contributed by atoms with Gasteiger partial charge >= 0.3 is 0 Å². The lowest BCUT2D eigenvalue weighted by Gasteiger charge is -2.40. The molecule has 0 bridgehead atoms. The van der Waals surface area contributed by atoms with Crippen LogP contribution in [-0.4, -0.2) is 63.8 Å². The summed E-state index contributed by atoms with van der Waals surface area (Å²) in [6, 6.07) is 5.98. The standard InChI is InChI=1S/C20H32N2O4S/c1-4-13-27(23,24)22-12-10-20(16-22)9-6-11-21(15-20)14-17-7-5-8-18(25-2)19(17)26-3/h5,7-8H,4,6,9-16H2,1-3H3/t20-/m0/s1. The third kappa shape index (κ3) is 4.41. The predicted octanol–water partition coefficient (Wildman–Crippen LogP) is 2.73. The third-order valence-corrected chi connectivity index (χ3v) is 7.90. The summed E-state index contributed by atoms with van der Waals surface area (Å²) in [7, 11) is 0.224. The van der Waals surface area contributed by atoms with Crippen molar-refractivity contribution in [3.05, 3.63) is 23.8 Å². The fourth-order valence-electron chi connectivity index (χ4n) is 4.62. The van der Waals surface area contributed by atoms with Gasteiger partial charge in [0.15, 0.2) is 11.5 Å². The molecule has 0 radical (unpaired) electrons. The van der Waals surface area contributed by atoms with E-state index in [1.54, 1.807) is 18.5 Å². The molecule has 2 fully saturated rings. The van der Waals surface area contributed by atoms with Gasteiger partial charge in [0.05, 0.1) is 20.0 Å². The van der Waals surface area contributed by atoms with Gasteiger partial charge in [-0.3, -0.25) is 4.90 Å². The molecule has 2 aliphatic rings.